The van der Waals surface area contributed by atoms with Gasteiger partial charge >= 0.3 is 6.61 Å². The Morgan fingerprint density at radius 3 is 2.50 bits per heavy atom. The molecule has 0 bridgehead atoms. The molecule has 1 aromatic carbocycles. The highest BCUT2D eigenvalue weighted by molar-refractivity contribution is 14.0. The van der Waals surface area contributed by atoms with Gasteiger partial charge in [-0.3, -0.25) is 0 Å². The van der Waals surface area contributed by atoms with Crippen LogP contribution in [0.2, 0.25) is 0 Å². The largest absolute Gasteiger partial charge is 0.497 e. The second kappa shape index (κ2) is 16.3. The van der Waals surface area contributed by atoms with Gasteiger partial charge in [0.25, 0.3) is 0 Å². The van der Waals surface area contributed by atoms with Crippen LogP contribution in [0.5, 0.6) is 11.5 Å². The smallest absolute Gasteiger partial charge is 0.387 e. The molecule has 0 aliphatic heterocycles. The minimum absolute atomic E-state index is 0. The average molecular weight is 544 g/mol. The fraction of sp³-hybridized carbons (Fsp3) is 0.650. The van der Waals surface area contributed by atoms with E-state index in [2.05, 4.69) is 25.3 Å². The van der Waals surface area contributed by atoms with Gasteiger partial charge in [0.2, 0.25) is 0 Å². The topological polar surface area (TPSA) is 67.4 Å². The molecule has 30 heavy (non-hydrogen) atoms. The van der Waals surface area contributed by atoms with Gasteiger partial charge in [-0.1, -0.05) is 0 Å². The fourth-order valence-corrected chi connectivity index (χ4v) is 2.62. The van der Waals surface area contributed by atoms with Crippen LogP contribution in [0, 0.1) is 0 Å². The third-order valence-corrected chi connectivity index (χ3v) is 4.03. The highest BCUT2D eigenvalue weighted by atomic mass is 127. The molecule has 1 unspecified atom stereocenters. The first-order valence-electron chi connectivity index (χ1n) is 9.79. The van der Waals surface area contributed by atoms with Crippen LogP contribution < -0.4 is 20.1 Å². The van der Waals surface area contributed by atoms with Gasteiger partial charge in [-0.2, -0.15) is 8.78 Å². The highest BCUT2D eigenvalue weighted by Crippen LogP contribution is 2.26. The van der Waals surface area contributed by atoms with Gasteiger partial charge in [0.05, 0.1) is 19.8 Å². The first-order valence-corrected chi connectivity index (χ1v) is 9.79. The van der Waals surface area contributed by atoms with E-state index in [1.807, 2.05) is 27.9 Å². The number of hydrogen-bond donors (Lipinski definition) is 2. The summed E-state index contributed by atoms with van der Waals surface area (Å²) in [5, 5.41) is 6.42. The van der Waals surface area contributed by atoms with Crippen molar-refractivity contribution < 1.29 is 23.0 Å². The zero-order valence-electron chi connectivity index (χ0n) is 18.4. The van der Waals surface area contributed by atoms with Gasteiger partial charge in [0.1, 0.15) is 11.5 Å². The lowest BCUT2D eigenvalue weighted by molar-refractivity contribution is -0.0504. The van der Waals surface area contributed by atoms with E-state index in [0.717, 1.165) is 13.0 Å². The Hall–Kier alpha value is -1.40. The molecule has 0 heterocycles. The van der Waals surface area contributed by atoms with Crippen molar-refractivity contribution in [1.82, 2.24) is 15.5 Å². The number of nitrogens with one attached hydrogen (secondary N) is 2. The van der Waals surface area contributed by atoms with Crippen LogP contribution in [0.15, 0.2) is 23.2 Å². The standard InChI is InChI=1S/C20H34F2N4O3.HI/c1-6-23-20(25-14-17(28-7-2)10-11-26(3)4)24-13-15-12-16(27-5)8-9-18(15)29-19(21)22;/h8-9,12,17,19H,6-7,10-11,13-14H2,1-5H3,(H2,23,24,25);1H. The summed E-state index contributed by atoms with van der Waals surface area (Å²) in [7, 11) is 5.56. The second-order valence-corrected chi connectivity index (χ2v) is 6.60. The number of halogens is 3. The number of aliphatic imine (C=N–C) groups is 1. The van der Waals surface area contributed by atoms with Crippen LogP contribution in [0.1, 0.15) is 25.8 Å². The Balaban J connectivity index is 0.00000841. The van der Waals surface area contributed by atoms with Gasteiger partial charge < -0.3 is 29.7 Å². The molecule has 0 saturated heterocycles. The molecular weight excluding hydrogens is 509 g/mol. The molecule has 2 N–H and O–H groups in total. The molecule has 10 heteroatoms. The van der Waals surface area contributed by atoms with Gasteiger partial charge in [0, 0.05) is 31.8 Å². The van der Waals surface area contributed by atoms with Gasteiger partial charge in [-0.15, -0.1) is 24.0 Å². The predicted octanol–water partition coefficient (Wildman–Crippen LogP) is 3.33. The molecule has 0 spiro atoms. The second-order valence-electron chi connectivity index (χ2n) is 6.60. The first-order chi connectivity index (χ1) is 13.9. The van der Waals surface area contributed by atoms with Gasteiger partial charge in [-0.25, -0.2) is 4.99 Å². The van der Waals surface area contributed by atoms with Crippen LogP contribution in [-0.4, -0.2) is 71.0 Å². The van der Waals surface area contributed by atoms with E-state index in [0.29, 0.717) is 37.0 Å². The van der Waals surface area contributed by atoms with Crippen molar-refractivity contribution in [3.05, 3.63) is 23.8 Å². The third kappa shape index (κ3) is 11.7. The van der Waals surface area contributed by atoms with Crippen molar-refractivity contribution in [2.24, 2.45) is 4.99 Å². The molecule has 0 saturated carbocycles. The Morgan fingerprint density at radius 2 is 1.93 bits per heavy atom. The quantitative estimate of drug-likeness (QED) is 0.226. The molecule has 0 amide bonds. The molecule has 0 radical (unpaired) electrons. The summed E-state index contributed by atoms with van der Waals surface area (Å²) in [6, 6.07) is 4.68. The fourth-order valence-electron chi connectivity index (χ4n) is 2.62. The number of ether oxygens (including phenoxy) is 3. The molecule has 0 aliphatic carbocycles. The van der Waals surface area contributed by atoms with Crippen molar-refractivity contribution in [1.29, 1.82) is 0 Å². The molecular formula is C20H35F2IN4O3. The number of hydrogen-bond acceptors (Lipinski definition) is 5. The van der Waals surface area contributed by atoms with Crippen LogP contribution in [-0.2, 0) is 11.3 Å². The monoisotopic (exact) mass is 544 g/mol. The molecule has 7 nitrogen and oxygen atoms in total. The Morgan fingerprint density at radius 1 is 1.20 bits per heavy atom. The average Bonchev–Trinajstić information content (AvgIpc) is 2.68. The number of benzene rings is 1. The van der Waals surface area contributed by atoms with E-state index in [-0.39, 0.29) is 42.4 Å². The van der Waals surface area contributed by atoms with Crippen LogP contribution in [0.3, 0.4) is 0 Å². The van der Waals surface area contributed by atoms with Crippen molar-refractivity contribution in [2.75, 3.05) is 47.4 Å². The number of alkyl halides is 2. The van der Waals surface area contributed by atoms with E-state index in [4.69, 9.17) is 9.47 Å². The SMILES string of the molecule is CCNC(=NCc1cc(OC)ccc1OC(F)F)NCC(CCN(C)C)OCC.I. The Labute approximate surface area is 195 Å². The number of rotatable bonds is 13. The molecule has 0 aromatic heterocycles. The van der Waals surface area contributed by atoms with Gasteiger partial charge in [0.15, 0.2) is 5.96 Å². The lowest BCUT2D eigenvalue weighted by Gasteiger charge is -2.21. The van der Waals surface area contributed by atoms with Crippen LogP contribution in [0.25, 0.3) is 0 Å². The van der Waals surface area contributed by atoms with Crippen molar-refractivity contribution in [3.63, 3.8) is 0 Å². The summed E-state index contributed by atoms with van der Waals surface area (Å²) >= 11 is 0. The van der Waals surface area contributed by atoms with E-state index in [9.17, 15) is 8.78 Å². The third-order valence-electron chi connectivity index (χ3n) is 4.03. The summed E-state index contributed by atoms with van der Waals surface area (Å²) in [6.45, 7) is 3.99. The molecule has 0 aliphatic rings. The predicted molar refractivity (Wildman–Crippen MR) is 126 cm³/mol. The highest BCUT2D eigenvalue weighted by Gasteiger charge is 2.13. The van der Waals surface area contributed by atoms with Crippen LogP contribution in [0.4, 0.5) is 8.78 Å². The van der Waals surface area contributed by atoms with Gasteiger partial charge in [-0.05, 0) is 52.6 Å². The number of methoxy groups -OCH3 is 1. The molecule has 1 aromatic rings. The minimum atomic E-state index is -2.90. The zero-order chi connectivity index (χ0) is 21.6. The van der Waals surface area contributed by atoms with E-state index < -0.39 is 6.61 Å². The molecule has 0 fully saturated rings. The Bertz CT molecular complexity index is 622. The molecule has 1 atom stereocenters. The summed E-state index contributed by atoms with van der Waals surface area (Å²) in [6.07, 6.45) is 0.927. The normalized spacial score (nSPS) is 12.5. The van der Waals surface area contributed by atoms with Crippen molar-refractivity contribution in [3.8, 4) is 11.5 Å². The zero-order valence-corrected chi connectivity index (χ0v) is 20.7. The number of nitrogens with zero attached hydrogens (tertiary/aromatic N) is 2. The molecule has 1 rings (SSSR count). The maximum atomic E-state index is 12.7. The molecule has 174 valence electrons. The summed E-state index contributed by atoms with van der Waals surface area (Å²) < 4.78 is 40.9. The summed E-state index contributed by atoms with van der Waals surface area (Å²) in [5.74, 6) is 1.21. The lowest BCUT2D eigenvalue weighted by Crippen LogP contribution is -2.42. The van der Waals surface area contributed by atoms with E-state index >= 15 is 0 Å². The van der Waals surface area contributed by atoms with E-state index in [1.165, 1.54) is 13.2 Å². The Kier molecular flexibility index (Phi) is 15.6. The lowest BCUT2D eigenvalue weighted by atomic mass is 10.2. The maximum absolute atomic E-state index is 12.7. The summed E-state index contributed by atoms with van der Waals surface area (Å²) in [4.78, 5) is 6.61. The minimum Gasteiger partial charge on any atom is -0.497 e. The summed E-state index contributed by atoms with van der Waals surface area (Å²) in [5.41, 5.74) is 0.510. The maximum Gasteiger partial charge on any atom is 0.387 e. The van der Waals surface area contributed by atoms with E-state index in [1.54, 1.807) is 12.1 Å². The van der Waals surface area contributed by atoms with Crippen LogP contribution >= 0.6 is 24.0 Å². The van der Waals surface area contributed by atoms with Crippen molar-refractivity contribution in [2.45, 2.75) is 39.5 Å². The number of guanidine groups is 1. The van der Waals surface area contributed by atoms with Crippen molar-refractivity contribution >= 4 is 29.9 Å². The first kappa shape index (κ1) is 28.6.